The summed E-state index contributed by atoms with van der Waals surface area (Å²) in [6.45, 7) is 1.76. The highest BCUT2D eigenvalue weighted by molar-refractivity contribution is 7.91. The number of hydrogen-bond acceptors (Lipinski definition) is 3. The van der Waals surface area contributed by atoms with Crippen molar-refractivity contribution in [3.63, 3.8) is 0 Å². The van der Waals surface area contributed by atoms with Crippen molar-refractivity contribution in [3.8, 4) is 0 Å². The molecule has 2 N–H and O–H groups in total. The van der Waals surface area contributed by atoms with Crippen LogP contribution in [0.3, 0.4) is 0 Å². The van der Waals surface area contributed by atoms with Crippen LogP contribution in [0.2, 0.25) is 5.02 Å². The normalized spacial score (nSPS) is 11.0. The van der Waals surface area contributed by atoms with Crippen molar-refractivity contribution in [2.24, 2.45) is 0 Å². The molecule has 0 aromatic heterocycles. The molecule has 0 aliphatic heterocycles. The third-order valence-corrected chi connectivity index (χ3v) is 4.12. The lowest BCUT2D eigenvalue weighted by Crippen LogP contribution is -2.35. The van der Waals surface area contributed by atoms with Crippen LogP contribution in [0.5, 0.6) is 0 Å². The van der Waals surface area contributed by atoms with Gasteiger partial charge in [0, 0.05) is 10.6 Å². The predicted molar refractivity (Wildman–Crippen MR) is 82.6 cm³/mol. The number of aryl methyl sites for hydroxylation is 1. The lowest BCUT2D eigenvalue weighted by Gasteiger charge is -2.10. The van der Waals surface area contributed by atoms with Gasteiger partial charge in [-0.3, -0.25) is 9.52 Å². The highest BCUT2D eigenvalue weighted by atomic mass is 35.5. The highest BCUT2D eigenvalue weighted by Gasteiger charge is 2.16. The van der Waals surface area contributed by atoms with Gasteiger partial charge in [-0.05, 0) is 48.9 Å². The van der Waals surface area contributed by atoms with Gasteiger partial charge in [0.2, 0.25) is 0 Å². The Morgan fingerprint density at radius 1 is 1.14 bits per heavy atom. The van der Waals surface area contributed by atoms with E-state index in [1.54, 1.807) is 13.0 Å². The maximum Gasteiger partial charge on any atom is 0.323 e. The monoisotopic (exact) mass is 342 g/mol. The number of carbonyl (C=O) groups excluding carboxylic acids is 1. The second kappa shape index (κ2) is 6.33. The first-order valence-electron chi connectivity index (χ1n) is 6.13. The van der Waals surface area contributed by atoms with Crippen molar-refractivity contribution in [1.29, 1.82) is 0 Å². The maximum absolute atomic E-state index is 12.8. The van der Waals surface area contributed by atoms with E-state index in [2.05, 4.69) is 4.72 Å². The van der Waals surface area contributed by atoms with Crippen molar-refractivity contribution < 1.29 is 17.6 Å². The van der Waals surface area contributed by atoms with Crippen LogP contribution in [0.15, 0.2) is 42.5 Å². The molecule has 0 aliphatic rings. The van der Waals surface area contributed by atoms with Crippen LogP contribution in [0.25, 0.3) is 0 Å². The molecule has 0 bridgehead atoms. The van der Waals surface area contributed by atoms with Crippen LogP contribution in [0, 0.1) is 12.7 Å². The SMILES string of the molecule is Cc1ccc(C(=O)NS(=O)(=O)Nc2ccc(F)cc2)cc1Cl. The molecule has 8 heteroatoms. The van der Waals surface area contributed by atoms with Gasteiger partial charge in [0.25, 0.3) is 5.91 Å². The van der Waals surface area contributed by atoms with E-state index in [9.17, 15) is 17.6 Å². The fourth-order valence-corrected chi connectivity index (χ4v) is 2.65. The van der Waals surface area contributed by atoms with Crippen LogP contribution in [0.1, 0.15) is 15.9 Å². The van der Waals surface area contributed by atoms with Gasteiger partial charge in [0.15, 0.2) is 0 Å². The zero-order valence-corrected chi connectivity index (χ0v) is 13.0. The Hall–Kier alpha value is -2.12. The van der Waals surface area contributed by atoms with Gasteiger partial charge in [-0.1, -0.05) is 17.7 Å². The summed E-state index contributed by atoms with van der Waals surface area (Å²) in [5.41, 5.74) is 1.01. The number of nitrogens with one attached hydrogen (secondary N) is 2. The van der Waals surface area contributed by atoms with Gasteiger partial charge in [0.05, 0.1) is 5.69 Å². The minimum Gasteiger partial charge on any atom is -0.268 e. The first-order valence-corrected chi connectivity index (χ1v) is 7.99. The molecule has 0 saturated carbocycles. The molecule has 2 rings (SSSR count). The molecular weight excluding hydrogens is 331 g/mol. The molecule has 0 radical (unpaired) electrons. The fraction of sp³-hybridized carbons (Fsp3) is 0.0714. The Morgan fingerprint density at radius 2 is 1.77 bits per heavy atom. The molecule has 2 aromatic rings. The smallest absolute Gasteiger partial charge is 0.268 e. The fourth-order valence-electron chi connectivity index (χ4n) is 1.61. The summed E-state index contributed by atoms with van der Waals surface area (Å²) in [6, 6.07) is 9.11. The largest absolute Gasteiger partial charge is 0.323 e. The number of halogens is 2. The summed E-state index contributed by atoms with van der Waals surface area (Å²) in [6.07, 6.45) is 0. The molecule has 0 unspecified atom stereocenters. The molecule has 5 nitrogen and oxygen atoms in total. The Bertz CT molecular complexity index is 807. The predicted octanol–water partition coefficient (Wildman–Crippen LogP) is 2.87. The Morgan fingerprint density at radius 3 is 2.36 bits per heavy atom. The van der Waals surface area contributed by atoms with Crippen molar-refractivity contribution in [2.75, 3.05) is 4.72 Å². The summed E-state index contributed by atoms with van der Waals surface area (Å²) in [4.78, 5) is 11.9. The average Bonchev–Trinajstić information content (AvgIpc) is 2.43. The highest BCUT2D eigenvalue weighted by Crippen LogP contribution is 2.17. The summed E-state index contributed by atoms with van der Waals surface area (Å²) < 4.78 is 40.4. The van der Waals surface area contributed by atoms with Crippen LogP contribution < -0.4 is 9.44 Å². The topological polar surface area (TPSA) is 75.3 Å². The van der Waals surface area contributed by atoms with E-state index >= 15 is 0 Å². The maximum atomic E-state index is 12.8. The number of anilines is 1. The molecule has 0 heterocycles. The first-order chi connectivity index (χ1) is 10.3. The average molecular weight is 343 g/mol. The molecule has 0 atom stereocenters. The summed E-state index contributed by atoms with van der Waals surface area (Å²) >= 11 is 5.89. The van der Waals surface area contributed by atoms with Crippen LogP contribution in [-0.2, 0) is 10.2 Å². The van der Waals surface area contributed by atoms with E-state index < -0.39 is 21.9 Å². The zero-order valence-electron chi connectivity index (χ0n) is 11.4. The molecule has 116 valence electrons. The summed E-state index contributed by atoms with van der Waals surface area (Å²) in [5, 5.41) is 0.358. The van der Waals surface area contributed by atoms with Crippen molar-refractivity contribution in [3.05, 3.63) is 64.4 Å². The van der Waals surface area contributed by atoms with Gasteiger partial charge >= 0.3 is 10.2 Å². The second-order valence-electron chi connectivity index (χ2n) is 4.51. The van der Waals surface area contributed by atoms with Crippen LogP contribution >= 0.6 is 11.6 Å². The van der Waals surface area contributed by atoms with Gasteiger partial charge < -0.3 is 0 Å². The van der Waals surface area contributed by atoms with E-state index in [0.717, 1.165) is 17.7 Å². The Labute approximate surface area is 132 Å². The van der Waals surface area contributed by atoms with Crippen LogP contribution in [0.4, 0.5) is 10.1 Å². The number of rotatable bonds is 4. The van der Waals surface area contributed by atoms with E-state index in [1.165, 1.54) is 24.3 Å². The number of amides is 1. The van der Waals surface area contributed by atoms with Crippen LogP contribution in [-0.4, -0.2) is 14.3 Å². The lowest BCUT2D eigenvalue weighted by molar-refractivity contribution is 0.0981. The molecular formula is C14H12ClFN2O3S. The standard InChI is InChI=1S/C14H12ClFN2O3S/c1-9-2-3-10(8-13(9)15)14(19)18-22(20,21)17-12-6-4-11(16)5-7-12/h2-8,17H,1H3,(H,18,19). The van der Waals surface area contributed by atoms with Gasteiger partial charge in [-0.15, -0.1) is 0 Å². The second-order valence-corrected chi connectivity index (χ2v) is 6.33. The zero-order chi connectivity index (χ0) is 16.3. The molecule has 0 aliphatic carbocycles. The molecule has 0 saturated heterocycles. The quantitative estimate of drug-likeness (QED) is 0.897. The van der Waals surface area contributed by atoms with E-state index in [4.69, 9.17) is 11.6 Å². The Balaban J connectivity index is 2.12. The van der Waals surface area contributed by atoms with E-state index in [0.29, 0.717) is 5.02 Å². The van der Waals surface area contributed by atoms with Gasteiger partial charge in [-0.25, -0.2) is 9.11 Å². The summed E-state index contributed by atoms with van der Waals surface area (Å²) in [5.74, 6) is -1.32. The minimum absolute atomic E-state index is 0.111. The summed E-state index contributed by atoms with van der Waals surface area (Å²) in [7, 11) is -4.13. The first kappa shape index (κ1) is 16.3. The minimum atomic E-state index is -4.13. The van der Waals surface area contributed by atoms with Crippen molar-refractivity contribution >= 4 is 33.4 Å². The third-order valence-electron chi connectivity index (χ3n) is 2.76. The number of carbonyl (C=O) groups is 1. The molecule has 2 aromatic carbocycles. The van der Waals surface area contributed by atoms with Crippen molar-refractivity contribution in [1.82, 2.24) is 4.72 Å². The molecule has 22 heavy (non-hydrogen) atoms. The number of hydrogen-bond donors (Lipinski definition) is 2. The van der Waals surface area contributed by atoms with E-state index in [-0.39, 0.29) is 11.3 Å². The molecule has 0 fully saturated rings. The molecule has 1 amide bonds. The van der Waals surface area contributed by atoms with Crippen molar-refractivity contribution in [2.45, 2.75) is 6.92 Å². The third kappa shape index (κ3) is 4.19. The number of benzene rings is 2. The lowest BCUT2D eigenvalue weighted by atomic mass is 10.1. The Kier molecular flexibility index (Phi) is 4.68. The van der Waals surface area contributed by atoms with E-state index in [1.807, 2.05) is 4.72 Å². The van der Waals surface area contributed by atoms with Gasteiger partial charge in [-0.2, -0.15) is 8.42 Å². The molecule has 0 spiro atoms. The van der Waals surface area contributed by atoms with Gasteiger partial charge in [0.1, 0.15) is 5.82 Å².